The van der Waals surface area contributed by atoms with E-state index in [0.717, 1.165) is 19.3 Å². The van der Waals surface area contributed by atoms with E-state index >= 15 is 0 Å². The molecule has 0 fully saturated rings. The van der Waals surface area contributed by atoms with Crippen LogP contribution in [0, 0.1) is 30.6 Å². The van der Waals surface area contributed by atoms with E-state index < -0.39 is 100 Å². The van der Waals surface area contributed by atoms with Gasteiger partial charge in [-0.1, -0.05) is 45.9 Å². The Balaban J connectivity index is 1.88. The predicted molar refractivity (Wildman–Crippen MR) is 189 cm³/mol. The van der Waals surface area contributed by atoms with Gasteiger partial charge in [-0.05, 0) is 19.9 Å². The molecule has 0 aromatic heterocycles. The number of aliphatic hydroxyl groups is 2. The Kier molecular flexibility index (Phi) is 12.3. The summed E-state index contributed by atoms with van der Waals surface area (Å²) in [6.45, 7) is 13.4. The topological polar surface area (TPSA) is 201 Å². The largest absolute Gasteiger partial charge is 0.462 e. The summed E-state index contributed by atoms with van der Waals surface area (Å²) < 4.78 is 28.7. The van der Waals surface area contributed by atoms with Crippen molar-refractivity contribution in [1.29, 1.82) is 0 Å². The third-order valence-corrected chi connectivity index (χ3v) is 10.0. The molecule has 1 amide bonds. The molecule has 14 nitrogen and oxygen atoms in total. The summed E-state index contributed by atoms with van der Waals surface area (Å²) >= 11 is 0. The first-order chi connectivity index (χ1) is 24.7. The van der Waals surface area contributed by atoms with Crippen molar-refractivity contribution in [2.75, 3.05) is 7.11 Å². The van der Waals surface area contributed by atoms with E-state index in [1.54, 1.807) is 33.8 Å². The minimum atomic E-state index is -2.07. The summed E-state index contributed by atoms with van der Waals surface area (Å²) in [4.78, 5) is 79.4. The number of rotatable bonds is 3. The summed E-state index contributed by atoms with van der Waals surface area (Å²) in [6, 6.07) is 0. The van der Waals surface area contributed by atoms with Gasteiger partial charge in [-0.15, -0.1) is 0 Å². The van der Waals surface area contributed by atoms with Crippen LogP contribution in [0.3, 0.4) is 0 Å². The fraction of sp³-hybridized carbons (Fsp3) is 0.487. The molecule has 3 N–H and O–H groups in total. The number of allylic oxidation sites excluding steroid dienone is 4. The van der Waals surface area contributed by atoms with Crippen LogP contribution in [-0.4, -0.2) is 82.7 Å². The van der Waals surface area contributed by atoms with Crippen molar-refractivity contribution < 1.29 is 62.7 Å². The number of fused-ring (bicyclic) bond motifs is 14. The monoisotopic (exact) mass is 737 g/mol. The molecule has 9 atom stereocenters. The number of hydrogen-bond donors (Lipinski definition) is 3. The molecule has 0 saturated heterocycles. The van der Waals surface area contributed by atoms with Crippen LogP contribution in [-0.2, 0) is 28.6 Å². The highest BCUT2D eigenvalue weighted by Crippen LogP contribution is 2.48. The van der Waals surface area contributed by atoms with Crippen molar-refractivity contribution in [3.63, 3.8) is 0 Å². The highest BCUT2D eigenvalue weighted by molar-refractivity contribution is 6.31. The van der Waals surface area contributed by atoms with Gasteiger partial charge in [-0.25, -0.2) is 0 Å². The standard InChI is InChI=1S/C39H47NO13/c1-17-12-11-13-18(2)38(48)40-25-16-26(43)28-29(33(25)46)35(52-24(8)42)22(6)36-30(28)37(47)39(9,53-36)50-15-14-27(49-10)19(3)34(51-23(7)41)21(5)32(45)20(4)31(17)44/h11-17,19-21,27,31-32,34,44-45H,1-10H3,(H,40,48)/t17-,19-,20-,21-,27+,31-,32-,34-,39-/m0/s1. The maximum atomic E-state index is 14.1. The molecule has 3 heterocycles. The molecule has 0 saturated carbocycles. The fourth-order valence-corrected chi connectivity index (χ4v) is 6.88. The van der Waals surface area contributed by atoms with Gasteiger partial charge < -0.3 is 39.2 Å². The number of esters is 2. The molecule has 14 heteroatoms. The van der Waals surface area contributed by atoms with Crippen LogP contribution < -0.4 is 14.8 Å². The van der Waals surface area contributed by atoms with Gasteiger partial charge in [0, 0.05) is 68.8 Å². The SMILES string of the molecule is CO[C@@H]1C=CO[C@@]2(C)Oc3c(C)c(OC(C)=O)c4c(c3C2=O)C(=O)C=C(NC(=O)C(C)=CC=C[C@H](C)[C@H](O)[C@H](C)[C@H](O)[C@H](C)[C@@H](OC(C)=O)[C@H]1C)C4=O. The Morgan fingerprint density at radius 1 is 0.887 bits per heavy atom. The minimum Gasteiger partial charge on any atom is -0.462 e. The number of amides is 1. The first-order valence-electron chi connectivity index (χ1n) is 17.3. The predicted octanol–water partition coefficient (Wildman–Crippen LogP) is 3.85. The van der Waals surface area contributed by atoms with Crippen molar-refractivity contribution in [3.8, 4) is 11.5 Å². The van der Waals surface area contributed by atoms with Crippen molar-refractivity contribution in [3.05, 3.63) is 70.2 Å². The lowest BCUT2D eigenvalue weighted by Gasteiger charge is -2.38. The first kappa shape index (κ1) is 40.8. The van der Waals surface area contributed by atoms with Gasteiger partial charge in [0.05, 0.1) is 47.0 Å². The van der Waals surface area contributed by atoms with Crippen molar-refractivity contribution >= 4 is 35.2 Å². The molecule has 286 valence electrons. The lowest BCUT2D eigenvalue weighted by Crippen LogP contribution is -2.46. The molecule has 5 rings (SSSR count). The van der Waals surface area contributed by atoms with Crippen LogP contribution in [0.2, 0.25) is 0 Å². The summed E-state index contributed by atoms with van der Waals surface area (Å²) in [5, 5.41) is 25.1. The number of ketones is 3. The lowest BCUT2D eigenvalue weighted by atomic mass is 9.78. The van der Waals surface area contributed by atoms with Gasteiger partial charge in [-0.3, -0.25) is 28.8 Å². The maximum absolute atomic E-state index is 14.1. The van der Waals surface area contributed by atoms with Crippen LogP contribution in [0.15, 0.2) is 47.9 Å². The molecule has 53 heavy (non-hydrogen) atoms. The maximum Gasteiger partial charge on any atom is 0.312 e. The molecule has 1 aromatic carbocycles. The van der Waals surface area contributed by atoms with Gasteiger partial charge in [0.15, 0.2) is 5.78 Å². The van der Waals surface area contributed by atoms with Gasteiger partial charge in [0.1, 0.15) is 17.6 Å². The van der Waals surface area contributed by atoms with E-state index in [9.17, 15) is 39.0 Å². The molecule has 0 unspecified atom stereocenters. The van der Waals surface area contributed by atoms with E-state index in [2.05, 4.69) is 5.32 Å². The van der Waals surface area contributed by atoms with Crippen molar-refractivity contribution in [2.45, 2.75) is 92.5 Å². The highest BCUT2D eigenvalue weighted by atomic mass is 16.7. The van der Waals surface area contributed by atoms with Crippen LogP contribution in [0.4, 0.5) is 0 Å². The Bertz CT molecular complexity index is 1840. The number of nitrogens with one attached hydrogen (secondary N) is 1. The third kappa shape index (κ3) is 8.04. The van der Waals surface area contributed by atoms with E-state index in [1.807, 2.05) is 0 Å². The van der Waals surface area contributed by atoms with Crippen molar-refractivity contribution in [2.24, 2.45) is 23.7 Å². The Labute approximate surface area is 307 Å². The van der Waals surface area contributed by atoms with E-state index in [-0.39, 0.29) is 33.8 Å². The average molecular weight is 738 g/mol. The molecule has 0 radical (unpaired) electrons. The Morgan fingerprint density at radius 2 is 1.55 bits per heavy atom. The fourth-order valence-electron chi connectivity index (χ4n) is 6.88. The molecule has 5 bridgehead atoms. The Morgan fingerprint density at radius 3 is 2.15 bits per heavy atom. The minimum absolute atomic E-state index is 0.0600. The normalized spacial score (nSPS) is 30.9. The quantitative estimate of drug-likeness (QED) is 0.299. The van der Waals surface area contributed by atoms with Crippen LogP contribution >= 0.6 is 0 Å². The number of carbonyl (C=O) groups is 6. The second-order valence-corrected chi connectivity index (χ2v) is 14.0. The second kappa shape index (κ2) is 16.0. The van der Waals surface area contributed by atoms with Gasteiger partial charge >= 0.3 is 17.7 Å². The Hall–Kier alpha value is -4.92. The number of Topliss-reactive ketones (excluding diaryl/α,β-unsaturated/α-hetero) is 2. The number of ether oxygens (including phenoxy) is 5. The van der Waals surface area contributed by atoms with Crippen LogP contribution in [0.5, 0.6) is 11.5 Å². The molecule has 1 aliphatic carbocycles. The van der Waals surface area contributed by atoms with Gasteiger partial charge in [0.25, 0.3) is 11.7 Å². The number of benzene rings is 1. The van der Waals surface area contributed by atoms with E-state index in [0.29, 0.717) is 0 Å². The number of hydrogen-bond acceptors (Lipinski definition) is 13. The molecule has 1 aromatic rings. The van der Waals surface area contributed by atoms with E-state index in [4.69, 9.17) is 23.7 Å². The molecule has 0 spiro atoms. The summed E-state index contributed by atoms with van der Waals surface area (Å²) in [6.07, 6.45) is 4.21. The highest BCUT2D eigenvalue weighted by Gasteiger charge is 2.52. The van der Waals surface area contributed by atoms with Crippen molar-refractivity contribution in [1.82, 2.24) is 5.32 Å². The van der Waals surface area contributed by atoms with E-state index in [1.165, 1.54) is 53.0 Å². The van der Waals surface area contributed by atoms with Gasteiger partial charge in [-0.2, -0.15) is 0 Å². The zero-order valence-electron chi connectivity index (χ0n) is 31.5. The first-order valence-corrected chi connectivity index (χ1v) is 17.3. The molecule has 4 aliphatic rings. The second-order valence-electron chi connectivity index (χ2n) is 14.0. The van der Waals surface area contributed by atoms with Crippen LogP contribution in [0.1, 0.15) is 92.0 Å². The zero-order valence-corrected chi connectivity index (χ0v) is 31.5. The lowest BCUT2D eigenvalue weighted by molar-refractivity contribution is -0.160. The zero-order chi connectivity index (χ0) is 39.7. The number of methoxy groups -OCH3 is 1. The number of aliphatic hydroxyl groups excluding tert-OH is 2. The molecular weight excluding hydrogens is 690 g/mol. The van der Waals surface area contributed by atoms with Gasteiger partial charge in [0.2, 0.25) is 5.78 Å². The summed E-state index contributed by atoms with van der Waals surface area (Å²) in [7, 11) is 1.41. The average Bonchev–Trinajstić information content (AvgIpc) is 3.36. The summed E-state index contributed by atoms with van der Waals surface area (Å²) in [5.41, 5.74) is -1.26. The molecular formula is C39H47NO13. The van der Waals surface area contributed by atoms with Crippen LogP contribution in [0.25, 0.3) is 0 Å². The number of carbonyl (C=O) groups excluding carboxylic acids is 6. The molecule has 3 aliphatic heterocycles. The smallest absolute Gasteiger partial charge is 0.312 e. The third-order valence-electron chi connectivity index (χ3n) is 10.0. The summed E-state index contributed by atoms with van der Waals surface area (Å²) in [5.74, 6) is -9.71.